The van der Waals surface area contributed by atoms with E-state index in [1.807, 2.05) is 7.05 Å². The average molecular weight is 435 g/mol. The van der Waals surface area contributed by atoms with Crippen LogP contribution in [0.4, 0.5) is 0 Å². The molecule has 3 fully saturated rings. The van der Waals surface area contributed by atoms with Gasteiger partial charge in [-0.3, -0.25) is 4.99 Å². The summed E-state index contributed by atoms with van der Waals surface area (Å²) in [4.78, 5) is 6.98. The van der Waals surface area contributed by atoms with E-state index in [4.69, 9.17) is 4.74 Å². The molecule has 4 nitrogen and oxygen atoms in total. The van der Waals surface area contributed by atoms with Gasteiger partial charge in [-0.05, 0) is 43.9 Å². The molecule has 2 unspecified atom stereocenters. The van der Waals surface area contributed by atoms with E-state index in [0.717, 1.165) is 37.4 Å². The number of ether oxygens (including phenoxy) is 1. The molecule has 1 N–H and O–H groups in total. The highest BCUT2D eigenvalue weighted by atomic mass is 127. The maximum Gasteiger partial charge on any atom is 0.193 e. The number of rotatable bonds is 5. The van der Waals surface area contributed by atoms with Crippen molar-refractivity contribution >= 4 is 29.9 Å². The van der Waals surface area contributed by atoms with Gasteiger partial charge in [0, 0.05) is 33.3 Å². The molecule has 2 aliphatic carbocycles. The summed E-state index contributed by atoms with van der Waals surface area (Å²) in [7, 11) is 1.92. The Labute approximate surface area is 158 Å². The molecule has 2 atom stereocenters. The fraction of sp³-hybridized carbons (Fsp3) is 0.944. The molecule has 0 aromatic rings. The Morgan fingerprint density at radius 3 is 2.26 bits per heavy atom. The molecule has 23 heavy (non-hydrogen) atoms. The molecular weight excluding hydrogens is 401 g/mol. The largest absolute Gasteiger partial charge is 0.378 e. The number of likely N-dealkylation sites (tertiary alicyclic amines) is 1. The number of hydrogen-bond donors (Lipinski definition) is 1. The lowest BCUT2D eigenvalue weighted by Crippen LogP contribution is -2.40. The Kier molecular flexibility index (Phi) is 8.44. The van der Waals surface area contributed by atoms with Crippen molar-refractivity contribution in [2.45, 2.75) is 63.9 Å². The van der Waals surface area contributed by atoms with Gasteiger partial charge >= 0.3 is 0 Å². The molecule has 3 aliphatic rings. The van der Waals surface area contributed by atoms with Crippen LogP contribution in [0.1, 0.15) is 57.8 Å². The van der Waals surface area contributed by atoms with Gasteiger partial charge in [0.15, 0.2) is 5.96 Å². The summed E-state index contributed by atoms with van der Waals surface area (Å²) in [6, 6.07) is 0. The quantitative estimate of drug-likeness (QED) is 0.310. The Hall–Kier alpha value is -0.0400. The lowest BCUT2D eigenvalue weighted by Gasteiger charge is -2.22. The van der Waals surface area contributed by atoms with Crippen molar-refractivity contribution in [2.75, 3.05) is 33.3 Å². The topological polar surface area (TPSA) is 36.9 Å². The molecule has 1 aliphatic heterocycles. The predicted molar refractivity (Wildman–Crippen MR) is 107 cm³/mol. The summed E-state index contributed by atoms with van der Waals surface area (Å²) in [5.41, 5.74) is 0. The molecule has 0 bridgehead atoms. The molecule has 2 saturated carbocycles. The van der Waals surface area contributed by atoms with E-state index in [9.17, 15) is 0 Å². The molecule has 0 aromatic carbocycles. The molecule has 134 valence electrons. The van der Waals surface area contributed by atoms with Gasteiger partial charge in [0.25, 0.3) is 0 Å². The Bertz CT molecular complexity index is 357. The number of nitrogens with zero attached hydrogens (tertiary/aromatic N) is 2. The second-order valence-corrected chi connectivity index (χ2v) is 7.31. The van der Waals surface area contributed by atoms with Gasteiger partial charge in [-0.1, -0.05) is 25.7 Å². The van der Waals surface area contributed by atoms with Gasteiger partial charge in [-0.2, -0.15) is 0 Å². The highest BCUT2D eigenvalue weighted by Crippen LogP contribution is 2.35. The van der Waals surface area contributed by atoms with Crippen LogP contribution in [0.5, 0.6) is 0 Å². The monoisotopic (exact) mass is 435 g/mol. The maximum atomic E-state index is 5.93. The van der Waals surface area contributed by atoms with Gasteiger partial charge < -0.3 is 15.0 Å². The highest BCUT2D eigenvalue weighted by molar-refractivity contribution is 14.0. The number of hydrogen-bond acceptors (Lipinski definition) is 2. The zero-order chi connectivity index (χ0) is 15.2. The minimum absolute atomic E-state index is 0. The summed E-state index contributed by atoms with van der Waals surface area (Å²) < 4.78 is 5.93. The van der Waals surface area contributed by atoms with E-state index in [-0.39, 0.29) is 24.0 Å². The number of aliphatic imine (C=N–C) groups is 1. The fourth-order valence-corrected chi connectivity index (χ4v) is 4.49. The summed E-state index contributed by atoms with van der Waals surface area (Å²) in [6.45, 7) is 4.29. The maximum absolute atomic E-state index is 5.93. The molecule has 1 saturated heterocycles. The SMILES string of the molecule is CN=C(NCCCOC1CCCC1)N1CC2CCCCC2C1.I. The van der Waals surface area contributed by atoms with Crippen LogP contribution in [-0.2, 0) is 4.74 Å². The standard InChI is InChI=1S/C18H33N3O.HI/c1-19-18(20-11-6-12-22-17-9-4-5-10-17)21-13-15-7-2-3-8-16(15)14-21;/h15-17H,2-14H2,1H3,(H,19,20);1H. The first-order valence-corrected chi connectivity index (χ1v) is 9.44. The van der Waals surface area contributed by atoms with Crippen LogP contribution in [0.25, 0.3) is 0 Å². The van der Waals surface area contributed by atoms with Crippen LogP contribution in [-0.4, -0.2) is 50.3 Å². The van der Waals surface area contributed by atoms with Crippen LogP contribution in [0, 0.1) is 11.8 Å². The van der Waals surface area contributed by atoms with Crippen molar-refractivity contribution in [3.63, 3.8) is 0 Å². The highest BCUT2D eigenvalue weighted by Gasteiger charge is 2.35. The Morgan fingerprint density at radius 2 is 1.65 bits per heavy atom. The van der Waals surface area contributed by atoms with Crippen LogP contribution in [0.3, 0.4) is 0 Å². The van der Waals surface area contributed by atoms with Crippen molar-refractivity contribution in [1.29, 1.82) is 0 Å². The van der Waals surface area contributed by atoms with E-state index in [1.54, 1.807) is 0 Å². The van der Waals surface area contributed by atoms with Gasteiger partial charge in [0.1, 0.15) is 0 Å². The van der Waals surface area contributed by atoms with E-state index < -0.39 is 0 Å². The lowest BCUT2D eigenvalue weighted by molar-refractivity contribution is 0.0573. The normalized spacial score (nSPS) is 28.6. The number of guanidine groups is 1. The van der Waals surface area contributed by atoms with Crippen molar-refractivity contribution in [2.24, 2.45) is 16.8 Å². The minimum atomic E-state index is 0. The summed E-state index contributed by atoms with van der Waals surface area (Å²) in [5.74, 6) is 2.94. The van der Waals surface area contributed by atoms with E-state index in [2.05, 4.69) is 15.2 Å². The summed E-state index contributed by atoms with van der Waals surface area (Å²) in [6.07, 6.45) is 12.6. The van der Waals surface area contributed by atoms with Crippen molar-refractivity contribution < 1.29 is 4.74 Å². The van der Waals surface area contributed by atoms with E-state index >= 15 is 0 Å². The van der Waals surface area contributed by atoms with Gasteiger partial charge in [-0.15, -0.1) is 24.0 Å². The third kappa shape index (κ3) is 5.48. The first-order chi connectivity index (χ1) is 10.9. The molecule has 0 spiro atoms. The van der Waals surface area contributed by atoms with Crippen LogP contribution < -0.4 is 5.32 Å². The van der Waals surface area contributed by atoms with Crippen LogP contribution in [0.2, 0.25) is 0 Å². The molecule has 0 aromatic heterocycles. The minimum Gasteiger partial charge on any atom is -0.378 e. The Morgan fingerprint density at radius 1 is 1.04 bits per heavy atom. The van der Waals surface area contributed by atoms with Crippen molar-refractivity contribution in [3.8, 4) is 0 Å². The zero-order valence-corrected chi connectivity index (χ0v) is 17.0. The molecule has 0 radical (unpaired) electrons. The predicted octanol–water partition coefficient (Wildman–Crippen LogP) is 3.65. The molecule has 1 heterocycles. The first-order valence-electron chi connectivity index (χ1n) is 9.44. The number of halogens is 1. The molecule has 5 heteroatoms. The number of nitrogens with one attached hydrogen (secondary N) is 1. The van der Waals surface area contributed by atoms with E-state index in [1.165, 1.54) is 64.5 Å². The smallest absolute Gasteiger partial charge is 0.193 e. The lowest BCUT2D eigenvalue weighted by atomic mass is 9.82. The zero-order valence-electron chi connectivity index (χ0n) is 14.6. The van der Waals surface area contributed by atoms with Gasteiger partial charge in [0.2, 0.25) is 0 Å². The van der Waals surface area contributed by atoms with E-state index in [0.29, 0.717) is 6.10 Å². The third-order valence-electron chi connectivity index (χ3n) is 5.75. The van der Waals surface area contributed by atoms with Crippen molar-refractivity contribution in [3.05, 3.63) is 0 Å². The molecule has 0 amide bonds. The van der Waals surface area contributed by atoms with Crippen LogP contribution in [0.15, 0.2) is 4.99 Å². The second-order valence-electron chi connectivity index (χ2n) is 7.31. The summed E-state index contributed by atoms with van der Waals surface area (Å²) in [5, 5.41) is 3.54. The molecular formula is C18H34IN3O. The second kappa shape index (κ2) is 10.1. The Balaban J connectivity index is 0.00000192. The van der Waals surface area contributed by atoms with Gasteiger partial charge in [0.05, 0.1) is 6.10 Å². The third-order valence-corrected chi connectivity index (χ3v) is 5.75. The average Bonchev–Trinajstić information content (AvgIpc) is 3.19. The van der Waals surface area contributed by atoms with Crippen molar-refractivity contribution in [1.82, 2.24) is 10.2 Å². The first kappa shape index (κ1) is 19.3. The fourth-order valence-electron chi connectivity index (χ4n) is 4.49. The summed E-state index contributed by atoms with van der Waals surface area (Å²) >= 11 is 0. The van der Waals surface area contributed by atoms with Crippen LogP contribution >= 0.6 is 24.0 Å². The number of fused-ring (bicyclic) bond motifs is 1. The molecule has 3 rings (SSSR count). The van der Waals surface area contributed by atoms with Gasteiger partial charge in [-0.25, -0.2) is 0 Å².